The van der Waals surface area contributed by atoms with Crippen LogP contribution in [0.1, 0.15) is 82.5 Å². The molecule has 1 saturated carbocycles. The van der Waals surface area contributed by atoms with Gasteiger partial charge in [0.15, 0.2) is 12.1 Å². The summed E-state index contributed by atoms with van der Waals surface area (Å²) >= 11 is 6.85. The number of pyridine rings is 2. The van der Waals surface area contributed by atoms with Crippen LogP contribution in [-0.2, 0) is 20.8 Å². The van der Waals surface area contributed by atoms with Crippen molar-refractivity contribution < 1.29 is 23.9 Å². The number of carbonyl (C=O) groups excluding carboxylic acids is 3. The lowest BCUT2D eigenvalue weighted by Crippen LogP contribution is -2.47. The molecule has 0 radical (unpaired) electrons. The number of carbonyl (C=O) groups is 3. The van der Waals surface area contributed by atoms with Gasteiger partial charge in [-0.3, -0.25) is 29.3 Å². The maximum Gasteiger partial charge on any atom is 0.274 e. The fourth-order valence-electron chi connectivity index (χ4n) is 6.67. The van der Waals surface area contributed by atoms with E-state index in [0.29, 0.717) is 45.5 Å². The molecule has 260 valence electrons. The molecule has 6 rings (SSSR count). The van der Waals surface area contributed by atoms with Gasteiger partial charge in [-0.2, -0.15) is 0 Å². The van der Waals surface area contributed by atoms with E-state index in [1.165, 1.54) is 20.4 Å². The fourth-order valence-corrected chi connectivity index (χ4v) is 6.95. The lowest BCUT2D eigenvalue weighted by molar-refractivity contribution is -0.132. The van der Waals surface area contributed by atoms with E-state index in [-0.39, 0.29) is 23.6 Å². The summed E-state index contributed by atoms with van der Waals surface area (Å²) in [5.74, 6) is -0.124. The number of nitrogens with zero attached hydrogens (tertiary/aromatic N) is 3. The molecule has 2 fully saturated rings. The molecule has 2 aromatic carbocycles. The number of amides is 2. The van der Waals surface area contributed by atoms with Gasteiger partial charge in [0.05, 0.1) is 16.8 Å². The summed E-state index contributed by atoms with van der Waals surface area (Å²) in [7, 11) is 3.05. The average molecular weight is 696 g/mol. The van der Waals surface area contributed by atoms with Crippen LogP contribution in [0.2, 0.25) is 5.02 Å². The normalized spacial score (nSPS) is 16.5. The first kappa shape index (κ1) is 35.3. The number of nitrogens with one attached hydrogen (secondary N) is 2. The average Bonchev–Trinajstić information content (AvgIpc) is 3.11. The number of anilines is 2. The van der Waals surface area contributed by atoms with Crippen molar-refractivity contribution in [2.75, 3.05) is 31.4 Å². The van der Waals surface area contributed by atoms with Crippen molar-refractivity contribution in [2.45, 2.75) is 64.3 Å². The van der Waals surface area contributed by atoms with Gasteiger partial charge >= 0.3 is 0 Å². The molecule has 2 amide bonds. The van der Waals surface area contributed by atoms with E-state index < -0.39 is 12.2 Å². The van der Waals surface area contributed by atoms with E-state index in [1.807, 2.05) is 37.3 Å². The largest absolute Gasteiger partial charge is 0.352 e. The van der Waals surface area contributed by atoms with Gasteiger partial charge in [0.2, 0.25) is 0 Å². The van der Waals surface area contributed by atoms with E-state index in [4.69, 9.17) is 21.1 Å². The molecule has 2 aliphatic rings. The molecule has 50 heavy (non-hydrogen) atoms. The van der Waals surface area contributed by atoms with E-state index in [9.17, 15) is 14.4 Å². The Kier molecular flexibility index (Phi) is 11.3. The van der Waals surface area contributed by atoms with Crippen LogP contribution in [0.4, 0.5) is 11.4 Å². The van der Waals surface area contributed by atoms with Crippen molar-refractivity contribution in [3.63, 3.8) is 0 Å². The molecule has 10 nitrogen and oxygen atoms in total. The smallest absolute Gasteiger partial charge is 0.274 e. The number of hydrogen-bond acceptors (Lipinski definition) is 8. The van der Waals surface area contributed by atoms with E-state index in [2.05, 4.69) is 25.5 Å². The second-order valence-electron chi connectivity index (χ2n) is 12.9. The van der Waals surface area contributed by atoms with E-state index >= 15 is 0 Å². The number of ether oxygens (including phenoxy) is 2. The molecule has 4 aromatic rings. The first-order chi connectivity index (χ1) is 24.3. The number of Topliss-reactive ketones (excluding diaryl/α,β-unsaturated/α-hetero) is 1. The van der Waals surface area contributed by atoms with Crippen LogP contribution in [0.15, 0.2) is 73.1 Å². The highest BCUT2D eigenvalue weighted by Crippen LogP contribution is 2.38. The maximum absolute atomic E-state index is 13.3. The van der Waals surface area contributed by atoms with Gasteiger partial charge in [0.1, 0.15) is 11.4 Å². The minimum Gasteiger partial charge on any atom is -0.352 e. The summed E-state index contributed by atoms with van der Waals surface area (Å²) < 4.78 is 10.5. The van der Waals surface area contributed by atoms with Crippen LogP contribution in [0.25, 0.3) is 11.1 Å². The van der Waals surface area contributed by atoms with Crippen molar-refractivity contribution in [1.29, 1.82) is 0 Å². The fraction of sp³-hybridized carbons (Fsp3) is 0.359. The molecule has 1 aliphatic heterocycles. The van der Waals surface area contributed by atoms with Crippen LogP contribution in [-0.4, -0.2) is 59.3 Å². The van der Waals surface area contributed by atoms with Crippen LogP contribution in [0.5, 0.6) is 0 Å². The van der Waals surface area contributed by atoms with Crippen LogP contribution >= 0.6 is 11.6 Å². The van der Waals surface area contributed by atoms with Gasteiger partial charge in [-0.25, -0.2) is 0 Å². The molecule has 3 heterocycles. The number of methoxy groups -OCH3 is 2. The van der Waals surface area contributed by atoms with Crippen molar-refractivity contribution in [3.8, 4) is 11.1 Å². The third kappa shape index (κ3) is 7.79. The first-order valence-corrected chi connectivity index (χ1v) is 17.4. The SMILES string of the molecule is COC(OC)c1ccc(C(=O)Nc2cccc(-c3cccc(NC(=O)c4ccc(CN5CCCCC5C(=O)C5CCC5)cn4)c3C)c2Cl)nc1. The molecule has 2 N–H and O–H groups in total. The summed E-state index contributed by atoms with van der Waals surface area (Å²) in [6.07, 6.45) is 8.98. The van der Waals surface area contributed by atoms with Gasteiger partial charge in [-0.15, -0.1) is 0 Å². The minimum atomic E-state index is -0.580. The highest BCUT2D eigenvalue weighted by molar-refractivity contribution is 6.36. The highest BCUT2D eigenvalue weighted by Gasteiger charge is 2.35. The predicted octanol–water partition coefficient (Wildman–Crippen LogP) is 7.63. The lowest BCUT2D eigenvalue weighted by Gasteiger charge is -2.38. The molecule has 2 aromatic heterocycles. The first-order valence-electron chi connectivity index (χ1n) is 17.0. The summed E-state index contributed by atoms with van der Waals surface area (Å²) in [4.78, 5) is 50.5. The third-order valence-electron chi connectivity index (χ3n) is 9.73. The Morgan fingerprint density at radius 2 is 1.48 bits per heavy atom. The van der Waals surface area contributed by atoms with E-state index in [0.717, 1.165) is 61.8 Å². The predicted molar refractivity (Wildman–Crippen MR) is 193 cm³/mol. The standard InChI is InChI=1S/C39H42ClN5O5/c1-24-28(29-12-8-14-31(35(29)40)44-38(48)33-19-17-27(22-42-33)39(49-2)50-3)11-7-13-30(24)43-37(47)32-18-16-25(21-41-32)23-45-20-5-4-15-34(45)36(46)26-9-6-10-26/h7-8,11-14,16-19,21-22,26,34,39H,4-6,9-10,15,20,23H2,1-3H3,(H,43,47)(H,44,48). The lowest BCUT2D eigenvalue weighted by atomic mass is 9.78. The summed E-state index contributed by atoms with van der Waals surface area (Å²) in [5, 5.41) is 6.21. The number of piperidine rings is 1. The number of ketones is 1. The quantitative estimate of drug-likeness (QED) is 0.145. The molecule has 1 unspecified atom stereocenters. The summed E-state index contributed by atoms with van der Waals surface area (Å²) in [5.41, 5.74) is 5.50. The molecular formula is C39H42ClN5O5. The van der Waals surface area contributed by atoms with Crippen molar-refractivity contribution in [2.24, 2.45) is 5.92 Å². The number of hydrogen-bond donors (Lipinski definition) is 2. The van der Waals surface area contributed by atoms with Crippen molar-refractivity contribution >= 4 is 40.6 Å². The Hall–Kier alpha value is -4.48. The van der Waals surface area contributed by atoms with Crippen LogP contribution < -0.4 is 10.6 Å². The number of halogens is 1. The molecule has 0 bridgehead atoms. The number of benzene rings is 2. The van der Waals surface area contributed by atoms with Crippen molar-refractivity contribution in [3.05, 3.63) is 106 Å². The van der Waals surface area contributed by atoms with Gasteiger partial charge in [-0.1, -0.05) is 60.8 Å². The third-order valence-corrected chi connectivity index (χ3v) is 10.1. The Balaban J connectivity index is 1.12. The molecular weight excluding hydrogens is 654 g/mol. The maximum atomic E-state index is 13.3. The van der Waals surface area contributed by atoms with E-state index in [1.54, 1.807) is 36.5 Å². The molecule has 11 heteroatoms. The van der Waals surface area contributed by atoms with Gasteiger partial charge < -0.3 is 20.1 Å². The molecule has 1 atom stereocenters. The zero-order valence-electron chi connectivity index (χ0n) is 28.6. The number of likely N-dealkylation sites (tertiary alicyclic amines) is 1. The molecule has 1 aliphatic carbocycles. The monoisotopic (exact) mass is 695 g/mol. The van der Waals surface area contributed by atoms with Gasteiger partial charge in [0.25, 0.3) is 11.8 Å². The van der Waals surface area contributed by atoms with Crippen LogP contribution in [0.3, 0.4) is 0 Å². The van der Waals surface area contributed by atoms with Crippen LogP contribution in [0, 0.1) is 12.8 Å². The van der Waals surface area contributed by atoms with Crippen molar-refractivity contribution in [1.82, 2.24) is 14.9 Å². The zero-order chi connectivity index (χ0) is 35.2. The Bertz CT molecular complexity index is 1840. The van der Waals surface area contributed by atoms with Gasteiger partial charge in [-0.05, 0) is 80.1 Å². The Morgan fingerprint density at radius 1 is 0.820 bits per heavy atom. The number of rotatable bonds is 12. The van der Waals surface area contributed by atoms with Gasteiger partial charge in [0, 0.05) is 55.9 Å². The summed E-state index contributed by atoms with van der Waals surface area (Å²) in [6, 6.07) is 17.9. The zero-order valence-corrected chi connectivity index (χ0v) is 29.3. The Morgan fingerprint density at radius 3 is 2.10 bits per heavy atom. The number of aromatic nitrogens is 2. The topological polar surface area (TPSA) is 123 Å². The molecule has 1 saturated heterocycles. The summed E-state index contributed by atoms with van der Waals surface area (Å²) in [6.45, 7) is 3.45. The Labute approximate surface area is 297 Å². The highest BCUT2D eigenvalue weighted by atomic mass is 35.5. The molecule has 0 spiro atoms. The second kappa shape index (κ2) is 16.0. The minimum absolute atomic E-state index is 0.0157. The second-order valence-corrected chi connectivity index (χ2v) is 13.3.